The predicted octanol–water partition coefficient (Wildman–Crippen LogP) is -2.50. The average Bonchev–Trinajstić information content (AvgIpc) is 2.77. The molecule has 11 nitrogen and oxygen atoms in total. The highest BCUT2D eigenvalue weighted by molar-refractivity contribution is 5.41. The normalized spacial score (nSPS) is 40.5. The van der Waals surface area contributed by atoms with E-state index in [9.17, 15) is 40.9 Å². The number of aliphatic hydroxyl groups is 8. The summed E-state index contributed by atoms with van der Waals surface area (Å²) >= 11 is 0. The van der Waals surface area contributed by atoms with E-state index in [-0.39, 0.29) is 17.4 Å². The molecule has 0 radical (unpaired) electrons. The minimum atomic E-state index is -1.60. The van der Waals surface area contributed by atoms with Gasteiger partial charge in [-0.1, -0.05) is 6.07 Å². The van der Waals surface area contributed by atoms with E-state index in [1.807, 2.05) is 0 Å². The third-order valence-electron chi connectivity index (χ3n) is 5.82. The fourth-order valence-corrected chi connectivity index (χ4v) is 4.06. The number of ether oxygens (including phenoxy) is 3. The van der Waals surface area contributed by atoms with Crippen LogP contribution in [0.15, 0.2) is 18.2 Å². The zero-order chi connectivity index (χ0) is 23.7. The van der Waals surface area contributed by atoms with Crippen LogP contribution in [0.2, 0.25) is 0 Å². The van der Waals surface area contributed by atoms with Crippen LogP contribution in [0.25, 0.3) is 0 Å². The van der Waals surface area contributed by atoms with Crippen molar-refractivity contribution < 1.29 is 55.1 Å². The molecule has 2 saturated heterocycles. The van der Waals surface area contributed by atoms with Crippen LogP contribution in [-0.2, 0) is 9.47 Å². The Labute approximate surface area is 185 Å². The Morgan fingerprint density at radius 2 is 1.25 bits per heavy atom. The Morgan fingerprint density at radius 3 is 1.75 bits per heavy atom. The first-order valence-corrected chi connectivity index (χ1v) is 10.5. The molecule has 2 aliphatic rings. The second kappa shape index (κ2) is 10.3. The maximum absolute atomic E-state index is 10.6. The largest absolute Gasteiger partial charge is 0.491 e. The number of hydrogen-bond acceptors (Lipinski definition) is 11. The summed E-state index contributed by atoms with van der Waals surface area (Å²) in [4.78, 5) is 0. The predicted molar refractivity (Wildman–Crippen MR) is 108 cm³/mol. The first-order valence-electron chi connectivity index (χ1n) is 10.5. The van der Waals surface area contributed by atoms with Gasteiger partial charge in [0.25, 0.3) is 0 Å². The molecule has 3 rings (SSSR count). The Hall–Kier alpha value is -1.38. The zero-order valence-corrected chi connectivity index (χ0v) is 17.8. The van der Waals surface area contributed by atoms with Gasteiger partial charge < -0.3 is 55.1 Å². The van der Waals surface area contributed by atoms with E-state index in [1.165, 1.54) is 12.1 Å². The Bertz CT molecular complexity index is 755. The van der Waals surface area contributed by atoms with Gasteiger partial charge in [-0.2, -0.15) is 0 Å². The van der Waals surface area contributed by atoms with Crippen LogP contribution >= 0.6 is 0 Å². The van der Waals surface area contributed by atoms with E-state index in [0.717, 1.165) is 0 Å². The minimum Gasteiger partial charge on any atom is -0.491 e. The molecule has 8 N–H and O–H groups in total. The summed E-state index contributed by atoms with van der Waals surface area (Å²) < 4.78 is 17.1. The standard InChI is InChI=1S/C21H32O11/c1-8(2)30-11-4-3-9(20-18(28)16(26)14(24)12(6-22)31-20)5-10(11)21-19(29)17(27)15(25)13(7-23)32-21/h3-5,8,12-29H,6-7H2,1-2H3/t12-,13-,14-,15-,16+,17+,18+,19+,20-,21-/m1/s1. The lowest BCUT2D eigenvalue weighted by molar-refractivity contribution is -0.233. The zero-order valence-electron chi connectivity index (χ0n) is 17.8. The summed E-state index contributed by atoms with van der Waals surface area (Å²) in [6, 6.07) is 4.57. The van der Waals surface area contributed by atoms with Crippen LogP contribution in [0.1, 0.15) is 37.2 Å². The number of aliphatic hydroxyl groups excluding tert-OH is 8. The topological polar surface area (TPSA) is 190 Å². The number of benzene rings is 1. The van der Waals surface area contributed by atoms with Crippen molar-refractivity contribution in [3.63, 3.8) is 0 Å². The summed E-state index contributed by atoms with van der Waals surface area (Å²) in [5, 5.41) is 80.5. The van der Waals surface area contributed by atoms with Gasteiger partial charge in [0.05, 0.1) is 19.3 Å². The molecule has 0 bridgehead atoms. The molecular formula is C21H32O11. The molecule has 182 valence electrons. The summed E-state index contributed by atoms with van der Waals surface area (Å²) in [5.41, 5.74) is 0.579. The lowest BCUT2D eigenvalue weighted by Gasteiger charge is -2.42. The van der Waals surface area contributed by atoms with Crippen LogP contribution in [0.3, 0.4) is 0 Å². The van der Waals surface area contributed by atoms with Crippen molar-refractivity contribution in [2.24, 2.45) is 0 Å². The van der Waals surface area contributed by atoms with Crippen LogP contribution < -0.4 is 4.74 Å². The van der Waals surface area contributed by atoms with Crippen molar-refractivity contribution in [2.75, 3.05) is 13.2 Å². The third kappa shape index (κ3) is 4.77. The molecule has 0 saturated carbocycles. The van der Waals surface area contributed by atoms with E-state index >= 15 is 0 Å². The smallest absolute Gasteiger partial charge is 0.125 e. The molecule has 0 amide bonds. The van der Waals surface area contributed by atoms with Gasteiger partial charge in [-0.3, -0.25) is 0 Å². The lowest BCUT2D eigenvalue weighted by Crippen LogP contribution is -2.55. The van der Waals surface area contributed by atoms with Crippen LogP contribution in [0.5, 0.6) is 5.75 Å². The van der Waals surface area contributed by atoms with Crippen molar-refractivity contribution in [3.8, 4) is 5.75 Å². The summed E-state index contributed by atoms with van der Waals surface area (Å²) in [7, 11) is 0. The van der Waals surface area contributed by atoms with E-state index in [4.69, 9.17) is 14.2 Å². The van der Waals surface area contributed by atoms with E-state index < -0.39 is 74.3 Å². The number of hydrogen-bond donors (Lipinski definition) is 8. The van der Waals surface area contributed by atoms with Gasteiger partial charge in [0.2, 0.25) is 0 Å². The SMILES string of the molecule is CC(C)Oc1ccc([C@H]2O[C@H](CO)[C@@H](O)[C@H](O)[C@@H]2O)cc1[C@H]1O[C@H](CO)[C@@H](O)[C@H](O)[C@@H]1O. The van der Waals surface area contributed by atoms with Gasteiger partial charge >= 0.3 is 0 Å². The average molecular weight is 460 g/mol. The molecule has 32 heavy (non-hydrogen) atoms. The van der Waals surface area contributed by atoms with Crippen molar-refractivity contribution in [1.29, 1.82) is 0 Å². The first-order chi connectivity index (χ1) is 15.1. The first kappa shape index (κ1) is 25.2. The highest BCUT2D eigenvalue weighted by Gasteiger charge is 2.47. The van der Waals surface area contributed by atoms with Crippen molar-refractivity contribution in [3.05, 3.63) is 29.3 Å². The minimum absolute atomic E-state index is 0.255. The summed E-state index contributed by atoms with van der Waals surface area (Å²) in [6.45, 7) is 2.37. The van der Waals surface area contributed by atoms with E-state index in [0.29, 0.717) is 5.56 Å². The quantitative estimate of drug-likeness (QED) is 0.224. The maximum atomic E-state index is 10.6. The fraction of sp³-hybridized carbons (Fsp3) is 0.714. The van der Waals surface area contributed by atoms with Gasteiger partial charge in [0, 0.05) is 5.56 Å². The van der Waals surface area contributed by atoms with Crippen LogP contribution in [0.4, 0.5) is 0 Å². The van der Waals surface area contributed by atoms with Gasteiger partial charge in [0.1, 0.15) is 66.8 Å². The molecule has 0 spiro atoms. The lowest BCUT2D eigenvalue weighted by atomic mass is 9.87. The molecule has 0 aromatic heterocycles. The fourth-order valence-electron chi connectivity index (χ4n) is 4.06. The molecule has 11 heteroatoms. The van der Waals surface area contributed by atoms with Gasteiger partial charge in [0.15, 0.2) is 0 Å². The Kier molecular flexibility index (Phi) is 8.10. The molecule has 2 aliphatic heterocycles. The highest BCUT2D eigenvalue weighted by Crippen LogP contribution is 2.41. The van der Waals surface area contributed by atoms with Crippen molar-refractivity contribution >= 4 is 0 Å². The van der Waals surface area contributed by atoms with E-state index in [2.05, 4.69) is 0 Å². The second-order valence-electron chi connectivity index (χ2n) is 8.46. The van der Waals surface area contributed by atoms with Gasteiger partial charge in [-0.15, -0.1) is 0 Å². The van der Waals surface area contributed by atoms with Crippen LogP contribution in [-0.4, -0.2) is 109 Å². The van der Waals surface area contributed by atoms with Gasteiger partial charge in [-0.25, -0.2) is 0 Å². The molecule has 1 aromatic carbocycles. The Morgan fingerprint density at radius 1 is 0.750 bits per heavy atom. The Balaban J connectivity index is 2.02. The van der Waals surface area contributed by atoms with Gasteiger partial charge in [-0.05, 0) is 31.5 Å². The molecule has 2 fully saturated rings. The summed E-state index contributed by atoms with van der Waals surface area (Å²) in [6.07, 6.45) is -14.2. The van der Waals surface area contributed by atoms with E-state index in [1.54, 1.807) is 19.9 Å². The summed E-state index contributed by atoms with van der Waals surface area (Å²) in [5.74, 6) is 0.290. The number of rotatable bonds is 6. The van der Waals surface area contributed by atoms with Crippen LogP contribution in [0, 0.1) is 0 Å². The molecule has 0 aliphatic carbocycles. The maximum Gasteiger partial charge on any atom is 0.125 e. The molecular weight excluding hydrogens is 428 g/mol. The monoisotopic (exact) mass is 460 g/mol. The van der Waals surface area contributed by atoms with Crippen molar-refractivity contribution in [2.45, 2.75) is 81.0 Å². The molecule has 1 aromatic rings. The second-order valence-corrected chi connectivity index (χ2v) is 8.46. The molecule has 0 unspecified atom stereocenters. The van der Waals surface area contributed by atoms with Crippen molar-refractivity contribution in [1.82, 2.24) is 0 Å². The molecule has 10 atom stereocenters. The third-order valence-corrected chi connectivity index (χ3v) is 5.82. The highest BCUT2D eigenvalue weighted by atomic mass is 16.6. The molecule has 2 heterocycles.